The molecule has 1 aromatic carbocycles. The van der Waals surface area contributed by atoms with Gasteiger partial charge in [0.05, 0.1) is 16.9 Å². The van der Waals surface area contributed by atoms with Gasteiger partial charge in [0.15, 0.2) is 0 Å². The lowest BCUT2D eigenvalue weighted by atomic mass is 9.82. The molecular formula is C14H20N2O2. The molecule has 0 aliphatic carbocycles. The molecule has 98 valence electrons. The topological polar surface area (TPSA) is 66.6 Å². The van der Waals surface area contributed by atoms with E-state index in [1.165, 1.54) is 0 Å². The molecule has 0 spiro atoms. The Bertz CT molecular complexity index is 459. The number of hydrogen-bond acceptors (Lipinski definition) is 3. The zero-order valence-corrected chi connectivity index (χ0v) is 10.9. The summed E-state index contributed by atoms with van der Waals surface area (Å²) in [5.41, 5.74) is 7.82. The zero-order valence-electron chi connectivity index (χ0n) is 10.9. The van der Waals surface area contributed by atoms with Crippen LogP contribution in [0.15, 0.2) is 18.2 Å². The minimum absolute atomic E-state index is 0.301. The summed E-state index contributed by atoms with van der Waals surface area (Å²) >= 11 is 0. The molecule has 4 nitrogen and oxygen atoms in total. The highest BCUT2D eigenvalue weighted by molar-refractivity contribution is 5.98. The van der Waals surface area contributed by atoms with Crippen LogP contribution in [0.4, 0.5) is 11.4 Å². The number of nitrogens with two attached hydrogens (primary N) is 1. The molecule has 0 atom stereocenters. The first-order valence-electron chi connectivity index (χ1n) is 6.27. The van der Waals surface area contributed by atoms with E-state index in [1.807, 2.05) is 0 Å². The van der Waals surface area contributed by atoms with Gasteiger partial charge in [-0.1, -0.05) is 19.9 Å². The van der Waals surface area contributed by atoms with E-state index in [2.05, 4.69) is 18.7 Å². The first-order chi connectivity index (χ1) is 8.41. The molecule has 0 saturated carbocycles. The van der Waals surface area contributed by atoms with Crippen molar-refractivity contribution in [3.63, 3.8) is 0 Å². The summed E-state index contributed by atoms with van der Waals surface area (Å²) in [4.78, 5) is 13.4. The predicted molar refractivity (Wildman–Crippen MR) is 73.0 cm³/mol. The van der Waals surface area contributed by atoms with Crippen LogP contribution in [0.5, 0.6) is 0 Å². The summed E-state index contributed by atoms with van der Waals surface area (Å²) < 4.78 is 0. The van der Waals surface area contributed by atoms with Crippen LogP contribution in [-0.2, 0) is 0 Å². The van der Waals surface area contributed by atoms with Crippen molar-refractivity contribution in [1.29, 1.82) is 0 Å². The Balaban J connectivity index is 2.31. The molecule has 1 aliphatic heterocycles. The van der Waals surface area contributed by atoms with Gasteiger partial charge in [-0.15, -0.1) is 0 Å². The normalized spacial score (nSPS) is 18.7. The van der Waals surface area contributed by atoms with E-state index in [4.69, 9.17) is 5.73 Å². The molecule has 0 bridgehead atoms. The molecule has 2 rings (SSSR count). The van der Waals surface area contributed by atoms with E-state index in [0.29, 0.717) is 22.4 Å². The maximum atomic E-state index is 11.3. The van der Waals surface area contributed by atoms with E-state index < -0.39 is 5.97 Å². The Morgan fingerprint density at radius 3 is 2.50 bits per heavy atom. The summed E-state index contributed by atoms with van der Waals surface area (Å²) in [6.45, 7) is 6.22. The molecule has 18 heavy (non-hydrogen) atoms. The van der Waals surface area contributed by atoms with Crippen molar-refractivity contribution in [3.8, 4) is 0 Å². The molecule has 0 aromatic heterocycles. The van der Waals surface area contributed by atoms with Gasteiger partial charge in [0.2, 0.25) is 0 Å². The Labute approximate surface area is 107 Å². The Morgan fingerprint density at radius 2 is 1.94 bits per heavy atom. The maximum Gasteiger partial charge on any atom is 0.337 e. The third kappa shape index (κ3) is 2.42. The van der Waals surface area contributed by atoms with E-state index in [9.17, 15) is 9.90 Å². The lowest BCUT2D eigenvalue weighted by Gasteiger charge is -2.39. The quantitative estimate of drug-likeness (QED) is 0.789. The highest BCUT2D eigenvalue weighted by Gasteiger charge is 2.28. The summed E-state index contributed by atoms with van der Waals surface area (Å²) in [6, 6.07) is 5.07. The number of anilines is 2. The summed E-state index contributed by atoms with van der Waals surface area (Å²) in [5, 5.41) is 9.24. The fourth-order valence-corrected chi connectivity index (χ4v) is 2.42. The van der Waals surface area contributed by atoms with Crippen molar-refractivity contribution in [1.82, 2.24) is 0 Å². The number of rotatable bonds is 2. The van der Waals surface area contributed by atoms with Gasteiger partial charge in [-0.05, 0) is 30.4 Å². The second kappa shape index (κ2) is 4.52. The molecule has 3 N–H and O–H groups in total. The fourth-order valence-electron chi connectivity index (χ4n) is 2.42. The zero-order chi connectivity index (χ0) is 13.3. The summed E-state index contributed by atoms with van der Waals surface area (Å²) in [7, 11) is 0. The second-order valence-electron chi connectivity index (χ2n) is 5.70. The van der Waals surface area contributed by atoms with Crippen molar-refractivity contribution in [2.45, 2.75) is 26.7 Å². The number of aromatic carboxylic acids is 1. The van der Waals surface area contributed by atoms with Crippen molar-refractivity contribution < 1.29 is 9.90 Å². The van der Waals surface area contributed by atoms with Crippen molar-refractivity contribution in [2.24, 2.45) is 5.41 Å². The lowest BCUT2D eigenvalue weighted by molar-refractivity contribution is 0.0697. The Kier molecular flexibility index (Phi) is 3.20. The first-order valence-corrected chi connectivity index (χ1v) is 6.27. The molecule has 1 aliphatic rings. The largest absolute Gasteiger partial charge is 0.478 e. The maximum absolute atomic E-state index is 11.3. The van der Waals surface area contributed by atoms with Gasteiger partial charge in [0.25, 0.3) is 0 Å². The van der Waals surface area contributed by atoms with Crippen LogP contribution in [0, 0.1) is 5.41 Å². The van der Waals surface area contributed by atoms with Crippen molar-refractivity contribution in [3.05, 3.63) is 23.8 Å². The van der Waals surface area contributed by atoms with Crippen molar-refractivity contribution >= 4 is 17.3 Å². The lowest BCUT2D eigenvalue weighted by Crippen LogP contribution is -2.38. The molecular weight excluding hydrogens is 228 g/mol. The standard InChI is InChI=1S/C14H20N2O2/c1-14(2)6-8-16(9-7-14)12-10(13(17)18)4-3-5-11(12)15/h3-5H,6-9,15H2,1-2H3,(H,17,18). The van der Waals surface area contributed by atoms with E-state index in [1.54, 1.807) is 18.2 Å². The minimum atomic E-state index is -0.915. The van der Waals surface area contributed by atoms with Gasteiger partial charge in [-0.2, -0.15) is 0 Å². The predicted octanol–water partition coefficient (Wildman–Crippen LogP) is 2.59. The van der Waals surface area contributed by atoms with E-state index in [-0.39, 0.29) is 0 Å². The number of piperidine rings is 1. The molecule has 1 heterocycles. The summed E-state index contributed by atoms with van der Waals surface area (Å²) in [6.07, 6.45) is 2.11. The Morgan fingerprint density at radius 1 is 1.33 bits per heavy atom. The van der Waals surface area contributed by atoms with Crippen LogP contribution in [0.3, 0.4) is 0 Å². The van der Waals surface area contributed by atoms with Crippen LogP contribution >= 0.6 is 0 Å². The number of carbonyl (C=O) groups is 1. The molecule has 1 fully saturated rings. The van der Waals surface area contributed by atoms with Crippen molar-refractivity contribution in [2.75, 3.05) is 23.7 Å². The number of nitrogens with zero attached hydrogens (tertiary/aromatic N) is 1. The number of carboxylic acid groups (broad SMARTS) is 1. The Hall–Kier alpha value is -1.71. The molecule has 4 heteroatoms. The molecule has 1 aromatic rings. The molecule has 0 unspecified atom stereocenters. The van der Waals surface area contributed by atoms with Crippen LogP contribution in [0.25, 0.3) is 0 Å². The van der Waals surface area contributed by atoms with Crippen LogP contribution in [0.1, 0.15) is 37.0 Å². The fraction of sp³-hybridized carbons (Fsp3) is 0.500. The highest BCUT2D eigenvalue weighted by atomic mass is 16.4. The minimum Gasteiger partial charge on any atom is -0.478 e. The monoisotopic (exact) mass is 248 g/mol. The average molecular weight is 248 g/mol. The number of hydrogen-bond donors (Lipinski definition) is 2. The third-order valence-electron chi connectivity index (χ3n) is 3.73. The number of para-hydroxylation sites is 1. The van der Waals surface area contributed by atoms with Gasteiger partial charge in [0.1, 0.15) is 0 Å². The number of benzene rings is 1. The van der Waals surface area contributed by atoms with Crippen LogP contribution < -0.4 is 10.6 Å². The molecule has 0 radical (unpaired) electrons. The van der Waals surface area contributed by atoms with E-state index >= 15 is 0 Å². The number of nitrogen functional groups attached to an aromatic ring is 1. The first kappa shape index (κ1) is 12.7. The van der Waals surface area contributed by atoms with Gasteiger partial charge < -0.3 is 15.7 Å². The summed E-state index contributed by atoms with van der Waals surface area (Å²) in [5.74, 6) is -0.915. The van der Waals surface area contributed by atoms with E-state index in [0.717, 1.165) is 25.9 Å². The molecule has 1 saturated heterocycles. The van der Waals surface area contributed by atoms with Gasteiger partial charge >= 0.3 is 5.97 Å². The number of carboxylic acids is 1. The third-order valence-corrected chi connectivity index (χ3v) is 3.73. The van der Waals surface area contributed by atoms with Gasteiger partial charge in [0, 0.05) is 13.1 Å². The van der Waals surface area contributed by atoms with Gasteiger partial charge in [-0.3, -0.25) is 0 Å². The average Bonchev–Trinajstić information content (AvgIpc) is 2.29. The van der Waals surface area contributed by atoms with Gasteiger partial charge in [-0.25, -0.2) is 4.79 Å². The highest BCUT2D eigenvalue weighted by Crippen LogP contribution is 2.36. The second-order valence-corrected chi connectivity index (χ2v) is 5.70. The van der Waals surface area contributed by atoms with Crippen LogP contribution in [0.2, 0.25) is 0 Å². The SMILES string of the molecule is CC1(C)CCN(c2c(N)cccc2C(=O)O)CC1. The smallest absolute Gasteiger partial charge is 0.337 e. The molecule has 0 amide bonds. The van der Waals surface area contributed by atoms with Crippen LogP contribution in [-0.4, -0.2) is 24.2 Å².